The third-order valence-electron chi connectivity index (χ3n) is 4.36. The summed E-state index contributed by atoms with van der Waals surface area (Å²) in [4.78, 5) is 12.6. The smallest absolute Gasteiger partial charge is 0.457 e. The van der Waals surface area contributed by atoms with Crippen molar-refractivity contribution < 1.29 is 27.4 Å². The van der Waals surface area contributed by atoms with Gasteiger partial charge in [-0.3, -0.25) is 4.79 Å². The van der Waals surface area contributed by atoms with Crippen LogP contribution in [0.1, 0.15) is 27.0 Å². The highest BCUT2D eigenvalue weighted by atomic mass is 19.4. The number of carbonyl (C=O) groups excluding carboxylic acids is 1. The normalized spacial score (nSPS) is 11.1. The van der Waals surface area contributed by atoms with Crippen LogP contribution in [0.5, 0.6) is 17.2 Å². The van der Waals surface area contributed by atoms with Crippen molar-refractivity contribution in [1.29, 1.82) is 0 Å². The summed E-state index contributed by atoms with van der Waals surface area (Å²) >= 11 is 0. The molecule has 0 aliphatic heterocycles. The second kappa shape index (κ2) is 8.90. The number of carbonyl (C=O) groups is 1. The van der Waals surface area contributed by atoms with Gasteiger partial charge in [0.25, 0.3) is 5.91 Å². The Morgan fingerprint density at radius 3 is 2.30 bits per heavy atom. The van der Waals surface area contributed by atoms with E-state index in [4.69, 9.17) is 4.74 Å². The Morgan fingerprint density at radius 1 is 0.933 bits per heavy atom. The van der Waals surface area contributed by atoms with Gasteiger partial charge in [-0.15, -0.1) is 13.2 Å². The first kappa shape index (κ1) is 21.2. The van der Waals surface area contributed by atoms with Crippen LogP contribution in [0.4, 0.5) is 13.2 Å². The van der Waals surface area contributed by atoms with E-state index in [1.807, 2.05) is 31.2 Å². The van der Waals surface area contributed by atoms with Gasteiger partial charge in [-0.2, -0.15) is 0 Å². The lowest BCUT2D eigenvalue weighted by Crippen LogP contribution is -2.23. The van der Waals surface area contributed by atoms with Crippen LogP contribution in [0, 0.1) is 13.8 Å². The molecule has 0 aromatic heterocycles. The van der Waals surface area contributed by atoms with Gasteiger partial charge >= 0.3 is 6.36 Å². The minimum Gasteiger partial charge on any atom is -0.457 e. The average molecular weight is 415 g/mol. The fourth-order valence-electron chi connectivity index (χ4n) is 2.86. The highest BCUT2D eigenvalue weighted by molar-refractivity contribution is 5.96. The summed E-state index contributed by atoms with van der Waals surface area (Å²) in [6.45, 7) is 3.92. The lowest BCUT2D eigenvalue weighted by molar-refractivity contribution is -0.274. The molecule has 3 rings (SSSR count). The molecule has 0 spiro atoms. The molecule has 0 saturated carbocycles. The number of halogens is 3. The number of nitrogens with one attached hydrogen (secondary N) is 1. The zero-order chi connectivity index (χ0) is 21.7. The molecule has 0 bridgehead atoms. The van der Waals surface area contributed by atoms with Crippen LogP contribution >= 0.6 is 0 Å². The predicted molar refractivity (Wildman–Crippen MR) is 107 cm³/mol. The molecule has 156 valence electrons. The summed E-state index contributed by atoms with van der Waals surface area (Å²) < 4.78 is 46.4. The second-order valence-corrected chi connectivity index (χ2v) is 6.72. The molecule has 0 fully saturated rings. The zero-order valence-corrected chi connectivity index (χ0v) is 16.4. The number of alkyl halides is 3. The maximum atomic E-state index is 12.6. The molecule has 1 amide bonds. The molecule has 4 nitrogen and oxygen atoms in total. The fourth-order valence-corrected chi connectivity index (χ4v) is 2.86. The quantitative estimate of drug-likeness (QED) is 0.543. The first-order valence-electron chi connectivity index (χ1n) is 9.18. The number of ether oxygens (including phenoxy) is 2. The van der Waals surface area contributed by atoms with Crippen molar-refractivity contribution in [1.82, 2.24) is 5.32 Å². The first-order chi connectivity index (χ1) is 14.2. The third-order valence-corrected chi connectivity index (χ3v) is 4.36. The minimum absolute atomic E-state index is 0.160. The number of benzene rings is 3. The van der Waals surface area contributed by atoms with Gasteiger partial charge in [0.15, 0.2) is 0 Å². The number of rotatable bonds is 6. The summed E-state index contributed by atoms with van der Waals surface area (Å²) in [5, 5.41) is 2.77. The van der Waals surface area contributed by atoms with Crippen LogP contribution in [-0.2, 0) is 6.54 Å². The molecule has 0 aliphatic rings. The highest BCUT2D eigenvalue weighted by Crippen LogP contribution is 2.28. The van der Waals surface area contributed by atoms with Crippen molar-refractivity contribution in [2.24, 2.45) is 0 Å². The summed E-state index contributed by atoms with van der Waals surface area (Å²) in [6, 6.07) is 18.1. The van der Waals surface area contributed by atoms with Crippen molar-refractivity contribution in [2.75, 3.05) is 0 Å². The maximum Gasteiger partial charge on any atom is 0.573 e. The van der Waals surface area contributed by atoms with E-state index >= 15 is 0 Å². The molecule has 0 radical (unpaired) electrons. The Labute approximate surface area is 172 Å². The minimum atomic E-state index is -4.74. The summed E-state index contributed by atoms with van der Waals surface area (Å²) in [5.74, 6) is 0.631. The molecule has 0 aliphatic carbocycles. The van der Waals surface area contributed by atoms with E-state index in [2.05, 4.69) is 10.1 Å². The predicted octanol–water partition coefficient (Wildman–Crippen LogP) is 5.92. The van der Waals surface area contributed by atoms with Gasteiger partial charge in [0, 0.05) is 17.7 Å². The van der Waals surface area contributed by atoms with Crippen LogP contribution in [0.3, 0.4) is 0 Å². The van der Waals surface area contributed by atoms with Crippen molar-refractivity contribution in [3.05, 3.63) is 89.0 Å². The third kappa shape index (κ3) is 5.76. The molecule has 1 N–H and O–H groups in total. The van der Waals surface area contributed by atoms with E-state index in [0.29, 0.717) is 28.2 Å². The molecular weight excluding hydrogens is 395 g/mol. The van der Waals surface area contributed by atoms with E-state index in [1.54, 1.807) is 25.1 Å². The lowest BCUT2D eigenvalue weighted by atomic mass is 10.1. The Balaban J connectivity index is 1.65. The first-order valence-corrected chi connectivity index (χ1v) is 9.18. The van der Waals surface area contributed by atoms with Crippen molar-refractivity contribution >= 4 is 5.91 Å². The molecular formula is C23H20F3NO3. The Kier molecular flexibility index (Phi) is 6.30. The van der Waals surface area contributed by atoms with Gasteiger partial charge in [0.2, 0.25) is 0 Å². The monoisotopic (exact) mass is 415 g/mol. The standard InChI is InChI=1S/C23H20F3NO3/c1-15-5-3-6-19(13-15)29-21-8-4-7-20(16(21)2)22(28)27-14-17-9-11-18(12-10-17)30-23(24,25)26/h3-13H,14H2,1-2H3,(H,27,28). The molecule has 3 aromatic rings. The lowest BCUT2D eigenvalue weighted by Gasteiger charge is -2.13. The summed E-state index contributed by atoms with van der Waals surface area (Å²) in [5.41, 5.74) is 2.84. The molecule has 30 heavy (non-hydrogen) atoms. The molecule has 0 saturated heterocycles. The van der Waals surface area contributed by atoms with Crippen LogP contribution in [0.2, 0.25) is 0 Å². The van der Waals surface area contributed by atoms with E-state index < -0.39 is 6.36 Å². The number of hydrogen-bond acceptors (Lipinski definition) is 3. The van der Waals surface area contributed by atoms with Gasteiger partial charge in [-0.1, -0.05) is 30.3 Å². The van der Waals surface area contributed by atoms with Crippen molar-refractivity contribution in [3.8, 4) is 17.2 Å². The van der Waals surface area contributed by atoms with Crippen molar-refractivity contribution in [3.63, 3.8) is 0 Å². The SMILES string of the molecule is Cc1cccc(Oc2cccc(C(=O)NCc3ccc(OC(F)(F)F)cc3)c2C)c1. The maximum absolute atomic E-state index is 12.6. The topological polar surface area (TPSA) is 47.6 Å². The molecule has 0 unspecified atom stereocenters. The fraction of sp³-hybridized carbons (Fsp3) is 0.174. The summed E-state index contributed by atoms with van der Waals surface area (Å²) in [7, 11) is 0. The van der Waals surface area contributed by atoms with E-state index in [9.17, 15) is 18.0 Å². The van der Waals surface area contributed by atoms with Gasteiger partial charge < -0.3 is 14.8 Å². The number of hydrogen-bond donors (Lipinski definition) is 1. The van der Waals surface area contributed by atoms with E-state index in [-0.39, 0.29) is 18.2 Å². The number of amides is 1. The van der Waals surface area contributed by atoms with E-state index in [1.165, 1.54) is 24.3 Å². The summed E-state index contributed by atoms with van der Waals surface area (Å²) in [6.07, 6.45) is -4.74. The van der Waals surface area contributed by atoms with Crippen LogP contribution < -0.4 is 14.8 Å². The Morgan fingerprint density at radius 2 is 1.63 bits per heavy atom. The van der Waals surface area contributed by atoms with Gasteiger partial charge in [0.1, 0.15) is 17.2 Å². The second-order valence-electron chi connectivity index (χ2n) is 6.72. The average Bonchev–Trinajstić information content (AvgIpc) is 2.68. The largest absolute Gasteiger partial charge is 0.573 e. The Hall–Kier alpha value is -3.48. The van der Waals surface area contributed by atoms with Crippen LogP contribution in [0.15, 0.2) is 66.7 Å². The Bertz CT molecular complexity index is 1030. The number of aryl methyl sites for hydroxylation is 1. The molecule has 3 aromatic carbocycles. The van der Waals surface area contributed by atoms with E-state index in [0.717, 1.165) is 5.56 Å². The molecule has 0 atom stereocenters. The highest BCUT2D eigenvalue weighted by Gasteiger charge is 2.30. The van der Waals surface area contributed by atoms with Crippen LogP contribution in [0.25, 0.3) is 0 Å². The molecule has 0 heterocycles. The van der Waals surface area contributed by atoms with Crippen molar-refractivity contribution in [2.45, 2.75) is 26.8 Å². The van der Waals surface area contributed by atoms with Gasteiger partial charge in [-0.25, -0.2) is 0 Å². The van der Waals surface area contributed by atoms with Crippen LogP contribution in [-0.4, -0.2) is 12.3 Å². The van der Waals surface area contributed by atoms with Gasteiger partial charge in [-0.05, 0) is 61.4 Å². The molecule has 7 heteroatoms. The zero-order valence-electron chi connectivity index (χ0n) is 16.4. The van der Waals surface area contributed by atoms with Gasteiger partial charge in [0.05, 0.1) is 0 Å².